The molecule has 4 atom stereocenters. The van der Waals surface area contributed by atoms with E-state index in [-0.39, 0.29) is 5.95 Å². The van der Waals surface area contributed by atoms with Crippen LogP contribution in [0.2, 0.25) is 0 Å². The second-order valence-electron chi connectivity index (χ2n) is 4.27. The lowest BCUT2D eigenvalue weighted by Crippen LogP contribution is -2.46. The van der Waals surface area contributed by atoms with Crippen LogP contribution in [0.25, 0.3) is 0 Å². The highest BCUT2D eigenvalue weighted by Crippen LogP contribution is 2.35. The van der Waals surface area contributed by atoms with Crippen LogP contribution in [-0.4, -0.2) is 54.3 Å². The molecule has 0 saturated carbocycles. The molecule has 0 aliphatic carbocycles. The summed E-state index contributed by atoms with van der Waals surface area (Å²) in [6.07, 6.45) is -2.53. The van der Waals surface area contributed by atoms with Crippen LogP contribution in [0.5, 0.6) is 0 Å². The Morgan fingerprint density at radius 3 is 2.83 bits per heavy atom. The fourth-order valence-corrected chi connectivity index (χ4v) is 1.84. The van der Waals surface area contributed by atoms with Crippen molar-refractivity contribution in [1.29, 1.82) is 0 Å². The predicted octanol–water partition coefficient (Wildman–Crippen LogP) is -2.78. The van der Waals surface area contributed by atoms with Crippen LogP contribution in [0.3, 0.4) is 0 Å². The average Bonchev–Trinajstić information content (AvgIpc) is 2.52. The second-order valence-corrected chi connectivity index (χ2v) is 4.27. The molecule has 0 aromatic carbocycles. The molecule has 0 spiro atoms. The molecular formula is C9H14N4O5. The summed E-state index contributed by atoms with van der Waals surface area (Å²) < 4.78 is 6.14. The number of aliphatic hydroxyl groups is 3. The third-order valence-corrected chi connectivity index (χ3v) is 3.01. The summed E-state index contributed by atoms with van der Waals surface area (Å²) in [7, 11) is 0. The average molecular weight is 258 g/mol. The molecule has 1 fully saturated rings. The van der Waals surface area contributed by atoms with Gasteiger partial charge in [0.15, 0.2) is 6.23 Å². The number of nitrogens with two attached hydrogens (primary N) is 1. The maximum absolute atomic E-state index is 11.6. The molecule has 0 radical (unpaired) electrons. The van der Waals surface area contributed by atoms with E-state index in [1.165, 1.54) is 6.92 Å². The van der Waals surface area contributed by atoms with Crippen LogP contribution >= 0.6 is 0 Å². The Bertz CT molecular complexity index is 502. The van der Waals surface area contributed by atoms with Crippen molar-refractivity contribution < 1.29 is 20.1 Å². The van der Waals surface area contributed by atoms with Gasteiger partial charge in [0.25, 0.3) is 0 Å². The number of ether oxygens (including phenoxy) is 1. The maximum Gasteiger partial charge on any atom is 0.354 e. The van der Waals surface area contributed by atoms with E-state index >= 15 is 0 Å². The normalized spacial score (nSPS) is 35.9. The first-order valence-electron chi connectivity index (χ1n) is 5.25. The highest BCUT2D eigenvalue weighted by molar-refractivity contribution is 5.10. The monoisotopic (exact) mass is 258 g/mol. The number of hydrogen-bond donors (Lipinski definition) is 4. The van der Waals surface area contributed by atoms with E-state index in [2.05, 4.69) is 9.97 Å². The van der Waals surface area contributed by atoms with Crippen LogP contribution in [0.15, 0.2) is 11.1 Å². The van der Waals surface area contributed by atoms with Gasteiger partial charge in [0, 0.05) is 0 Å². The number of hydrogen-bond acceptors (Lipinski definition) is 8. The largest absolute Gasteiger partial charge is 0.394 e. The molecule has 2 rings (SSSR count). The minimum absolute atomic E-state index is 0.200. The van der Waals surface area contributed by atoms with Crippen LogP contribution in [0.1, 0.15) is 13.2 Å². The van der Waals surface area contributed by atoms with Gasteiger partial charge in [-0.25, -0.2) is 9.78 Å². The van der Waals surface area contributed by atoms with Crippen molar-refractivity contribution in [3.8, 4) is 0 Å². The van der Waals surface area contributed by atoms with Gasteiger partial charge in [0.05, 0.1) is 6.61 Å². The molecule has 2 heterocycles. The van der Waals surface area contributed by atoms with Crippen LogP contribution in [-0.2, 0) is 4.74 Å². The van der Waals surface area contributed by atoms with Gasteiger partial charge < -0.3 is 25.8 Å². The van der Waals surface area contributed by atoms with E-state index in [4.69, 9.17) is 15.6 Å². The zero-order valence-corrected chi connectivity index (χ0v) is 9.59. The lowest BCUT2D eigenvalue weighted by molar-refractivity contribution is -0.0807. The van der Waals surface area contributed by atoms with Crippen molar-refractivity contribution in [2.75, 3.05) is 12.3 Å². The van der Waals surface area contributed by atoms with E-state index < -0.39 is 36.3 Å². The highest BCUT2D eigenvalue weighted by atomic mass is 16.6. The summed E-state index contributed by atoms with van der Waals surface area (Å²) in [5, 5.41) is 29.0. The molecule has 1 aromatic heterocycles. The van der Waals surface area contributed by atoms with Crippen molar-refractivity contribution in [3.05, 3.63) is 16.8 Å². The summed E-state index contributed by atoms with van der Waals surface area (Å²) in [6.45, 7) is 0.812. The van der Waals surface area contributed by atoms with E-state index in [9.17, 15) is 15.0 Å². The summed E-state index contributed by atoms with van der Waals surface area (Å²) in [4.78, 5) is 18.6. The smallest absolute Gasteiger partial charge is 0.354 e. The number of nitrogen functional groups attached to an aromatic ring is 1. The molecule has 0 amide bonds. The molecule has 1 aliphatic heterocycles. The zero-order chi connectivity index (χ0) is 13.5. The topological polar surface area (TPSA) is 144 Å². The number of anilines is 1. The summed E-state index contributed by atoms with van der Waals surface area (Å²) in [5.41, 5.74) is 2.80. The molecule has 1 aliphatic rings. The Morgan fingerprint density at radius 2 is 2.33 bits per heavy atom. The fourth-order valence-electron chi connectivity index (χ4n) is 1.84. The molecule has 100 valence electrons. The number of aliphatic hydroxyl groups excluding tert-OH is 2. The van der Waals surface area contributed by atoms with E-state index in [0.717, 1.165) is 10.9 Å². The Hall–Kier alpha value is -1.55. The Labute approximate surface area is 101 Å². The quantitative estimate of drug-likeness (QED) is 0.446. The van der Waals surface area contributed by atoms with Gasteiger partial charge in [-0.2, -0.15) is 4.98 Å². The predicted molar refractivity (Wildman–Crippen MR) is 58.3 cm³/mol. The first-order chi connectivity index (χ1) is 8.37. The van der Waals surface area contributed by atoms with E-state index in [1.807, 2.05) is 0 Å². The summed E-state index contributed by atoms with van der Waals surface area (Å²) >= 11 is 0. The van der Waals surface area contributed by atoms with Gasteiger partial charge in [-0.3, -0.25) is 4.57 Å². The summed E-state index contributed by atoms with van der Waals surface area (Å²) in [5.74, 6) is -0.200. The number of aromatic nitrogens is 3. The van der Waals surface area contributed by atoms with Crippen LogP contribution < -0.4 is 11.4 Å². The minimum Gasteiger partial charge on any atom is -0.394 e. The highest BCUT2D eigenvalue weighted by Gasteiger charge is 2.52. The van der Waals surface area contributed by atoms with Crippen molar-refractivity contribution >= 4 is 5.95 Å². The first kappa shape index (κ1) is 12.9. The lowest BCUT2D eigenvalue weighted by atomic mass is 9.95. The zero-order valence-electron chi connectivity index (χ0n) is 9.59. The number of rotatable bonds is 2. The third-order valence-electron chi connectivity index (χ3n) is 3.01. The fraction of sp³-hybridized carbons (Fsp3) is 0.667. The lowest BCUT2D eigenvalue weighted by Gasteiger charge is -2.25. The van der Waals surface area contributed by atoms with Gasteiger partial charge in [-0.1, -0.05) is 0 Å². The van der Waals surface area contributed by atoms with Gasteiger partial charge in [-0.05, 0) is 6.92 Å². The Kier molecular flexibility index (Phi) is 3.07. The standard InChI is InChI=1S/C9H14N4O5/c1-9(17)4(2-14)18-6(5(9)15)13-3-11-7(10)12-8(13)16/h3-6,14-15,17H,2H2,1H3,(H2,10,12,16)/t4-,5+,6-,9-/m1/s1. The van der Waals surface area contributed by atoms with Crippen LogP contribution in [0.4, 0.5) is 5.95 Å². The van der Waals surface area contributed by atoms with E-state index in [0.29, 0.717) is 0 Å². The molecular weight excluding hydrogens is 244 g/mol. The Balaban J connectivity index is 2.38. The molecule has 0 unspecified atom stereocenters. The first-order valence-corrected chi connectivity index (χ1v) is 5.25. The molecule has 0 bridgehead atoms. The molecule has 9 nitrogen and oxygen atoms in total. The van der Waals surface area contributed by atoms with Gasteiger partial charge >= 0.3 is 5.69 Å². The van der Waals surface area contributed by atoms with Crippen LogP contribution in [0, 0.1) is 0 Å². The van der Waals surface area contributed by atoms with E-state index in [1.54, 1.807) is 0 Å². The second kappa shape index (κ2) is 4.28. The van der Waals surface area contributed by atoms with Crippen molar-refractivity contribution in [2.24, 2.45) is 0 Å². The Morgan fingerprint density at radius 1 is 1.67 bits per heavy atom. The molecule has 18 heavy (non-hydrogen) atoms. The van der Waals surface area contributed by atoms with Gasteiger partial charge in [-0.15, -0.1) is 0 Å². The molecule has 1 aromatic rings. The minimum atomic E-state index is -1.68. The summed E-state index contributed by atoms with van der Waals surface area (Å²) in [6, 6.07) is 0. The van der Waals surface area contributed by atoms with Gasteiger partial charge in [0.1, 0.15) is 24.1 Å². The van der Waals surface area contributed by atoms with Crippen molar-refractivity contribution in [2.45, 2.75) is 31.0 Å². The molecule has 5 N–H and O–H groups in total. The molecule has 9 heteroatoms. The maximum atomic E-state index is 11.6. The van der Waals surface area contributed by atoms with Crippen molar-refractivity contribution in [1.82, 2.24) is 14.5 Å². The number of nitrogens with zero attached hydrogens (tertiary/aromatic N) is 3. The third kappa shape index (κ3) is 1.86. The molecule has 1 saturated heterocycles. The van der Waals surface area contributed by atoms with Gasteiger partial charge in [0.2, 0.25) is 5.95 Å². The SMILES string of the molecule is C[C@@]1(O)[C@@H](CO)O[C@@H](n2cnc(N)nc2=O)[C@@H]1O. The van der Waals surface area contributed by atoms with Crippen molar-refractivity contribution in [3.63, 3.8) is 0 Å².